The Morgan fingerprint density at radius 1 is 1.00 bits per heavy atom. The Morgan fingerprint density at radius 2 is 1.71 bits per heavy atom. The molecule has 1 atom stereocenters. The van der Waals surface area contributed by atoms with Gasteiger partial charge in [-0.25, -0.2) is 4.98 Å². The Bertz CT molecular complexity index is 1160. The molecule has 31 heavy (non-hydrogen) atoms. The third kappa shape index (κ3) is 3.73. The number of benzene rings is 2. The van der Waals surface area contributed by atoms with E-state index in [9.17, 15) is 5.11 Å². The second-order valence-corrected chi connectivity index (χ2v) is 8.69. The number of aryl methyl sites for hydroxylation is 1. The first-order valence-electron chi connectivity index (χ1n) is 10.4. The average Bonchev–Trinajstić information content (AvgIpc) is 3.32. The quantitative estimate of drug-likeness (QED) is 0.515. The first kappa shape index (κ1) is 19.8. The maximum absolute atomic E-state index is 11.0. The zero-order chi connectivity index (χ0) is 21.4. The molecular formula is C23H25N5O2S. The van der Waals surface area contributed by atoms with E-state index in [2.05, 4.69) is 44.1 Å². The normalized spacial score (nSPS) is 16.0. The van der Waals surface area contributed by atoms with Crippen molar-refractivity contribution in [1.82, 2.24) is 19.5 Å². The number of ether oxygens (including phenoxy) is 1. The molecule has 0 amide bonds. The van der Waals surface area contributed by atoms with Crippen molar-refractivity contribution in [2.45, 2.75) is 13.0 Å². The summed E-state index contributed by atoms with van der Waals surface area (Å²) in [5, 5.41) is 15.3. The van der Waals surface area contributed by atoms with E-state index in [0.717, 1.165) is 47.3 Å². The lowest BCUT2D eigenvalue weighted by molar-refractivity contribution is 0.211. The van der Waals surface area contributed by atoms with Gasteiger partial charge < -0.3 is 14.7 Å². The second-order valence-electron chi connectivity index (χ2n) is 7.68. The highest BCUT2D eigenvalue weighted by atomic mass is 32.1. The number of piperazine rings is 1. The smallest absolute Gasteiger partial charge is 0.230 e. The zero-order valence-electron chi connectivity index (χ0n) is 17.6. The lowest BCUT2D eigenvalue weighted by Crippen LogP contribution is -2.47. The highest BCUT2D eigenvalue weighted by Crippen LogP contribution is 2.40. The molecule has 2 aromatic carbocycles. The van der Waals surface area contributed by atoms with Crippen molar-refractivity contribution in [3.05, 3.63) is 70.9 Å². The molecule has 0 aliphatic carbocycles. The van der Waals surface area contributed by atoms with Gasteiger partial charge in [0.05, 0.1) is 18.0 Å². The van der Waals surface area contributed by atoms with Crippen LogP contribution in [0.1, 0.15) is 22.3 Å². The molecule has 160 valence electrons. The number of methoxy groups -OCH3 is 1. The minimum atomic E-state index is -0.0342. The van der Waals surface area contributed by atoms with Crippen molar-refractivity contribution in [2.75, 3.05) is 38.2 Å². The number of fused-ring (bicyclic) bond motifs is 1. The van der Waals surface area contributed by atoms with Crippen molar-refractivity contribution >= 4 is 22.0 Å². The highest BCUT2D eigenvalue weighted by Gasteiger charge is 2.31. The molecule has 0 saturated carbocycles. The summed E-state index contributed by atoms with van der Waals surface area (Å²) in [6, 6.07) is 18.6. The summed E-state index contributed by atoms with van der Waals surface area (Å²) in [6.07, 6.45) is 0. The topological polar surface area (TPSA) is 66.1 Å². The van der Waals surface area contributed by atoms with Crippen molar-refractivity contribution in [2.24, 2.45) is 0 Å². The molecule has 1 fully saturated rings. The van der Waals surface area contributed by atoms with Crippen molar-refractivity contribution < 1.29 is 9.84 Å². The number of hydrogen-bond acceptors (Lipinski definition) is 7. The molecule has 2 aromatic heterocycles. The van der Waals surface area contributed by atoms with Gasteiger partial charge in [0.25, 0.3) is 0 Å². The van der Waals surface area contributed by atoms with Crippen LogP contribution < -0.4 is 9.64 Å². The molecule has 5 rings (SSSR count). The molecule has 7 nitrogen and oxygen atoms in total. The summed E-state index contributed by atoms with van der Waals surface area (Å²) < 4.78 is 6.83. The standard InChI is InChI=1S/C23H25N5O2S/c1-16-24-23-28(25-16)22(29)21(31-23)20(17-6-4-3-5-7-17)27-14-12-26(13-15-27)18-8-10-19(30-2)11-9-18/h3-11,20,29H,12-15H2,1-2H3/t20-/m0/s1. The van der Waals surface area contributed by atoms with Crippen LogP contribution in [-0.4, -0.2) is 57.9 Å². The van der Waals surface area contributed by atoms with E-state index in [1.54, 1.807) is 11.6 Å². The van der Waals surface area contributed by atoms with Gasteiger partial charge in [0.2, 0.25) is 10.8 Å². The molecule has 0 radical (unpaired) electrons. The fourth-order valence-electron chi connectivity index (χ4n) is 4.22. The summed E-state index contributed by atoms with van der Waals surface area (Å²) in [5.74, 6) is 1.72. The molecule has 1 aliphatic heterocycles. The van der Waals surface area contributed by atoms with Crippen molar-refractivity contribution in [3.63, 3.8) is 0 Å². The summed E-state index contributed by atoms with van der Waals surface area (Å²) >= 11 is 1.51. The van der Waals surface area contributed by atoms with Crippen LogP contribution in [-0.2, 0) is 0 Å². The van der Waals surface area contributed by atoms with Gasteiger partial charge in [0, 0.05) is 31.9 Å². The van der Waals surface area contributed by atoms with E-state index >= 15 is 0 Å². The summed E-state index contributed by atoms with van der Waals surface area (Å²) in [7, 11) is 1.69. The van der Waals surface area contributed by atoms with Crippen molar-refractivity contribution in [1.29, 1.82) is 0 Å². The van der Waals surface area contributed by atoms with Crippen LogP contribution in [0.25, 0.3) is 4.96 Å². The van der Waals surface area contributed by atoms with Crippen LogP contribution in [0, 0.1) is 6.92 Å². The van der Waals surface area contributed by atoms with E-state index in [4.69, 9.17) is 4.74 Å². The number of nitrogens with zero attached hydrogens (tertiary/aromatic N) is 5. The van der Waals surface area contributed by atoms with Crippen molar-refractivity contribution in [3.8, 4) is 11.6 Å². The molecule has 1 saturated heterocycles. The second kappa shape index (κ2) is 8.20. The lowest BCUT2D eigenvalue weighted by atomic mass is 10.0. The number of rotatable bonds is 5. The van der Waals surface area contributed by atoms with Gasteiger partial charge in [-0.3, -0.25) is 4.90 Å². The van der Waals surface area contributed by atoms with E-state index < -0.39 is 0 Å². The molecule has 8 heteroatoms. The largest absolute Gasteiger partial charge is 0.497 e. The average molecular weight is 436 g/mol. The van der Waals surface area contributed by atoms with E-state index in [-0.39, 0.29) is 11.9 Å². The van der Waals surface area contributed by atoms with Crippen LogP contribution in [0.5, 0.6) is 11.6 Å². The third-order valence-electron chi connectivity index (χ3n) is 5.79. The minimum Gasteiger partial charge on any atom is -0.497 e. The molecule has 1 N–H and O–H groups in total. The third-order valence-corrected chi connectivity index (χ3v) is 6.86. The minimum absolute atomic E-state index is 0.0342. The van der Waals surface area contributed by atoms with E-state index in [1.165, 1.54) is 17.0 Å². The van der Waals surface area contributed by atoms with Gasteiger partial charge in [-0.05, 0) is 36.8 Å². The molecule has 0 bridgehead atoms. The summed E-state index contributed by atoms with van der Waals surface area (Å²) in [6.45, 7) is 5.44. The zero-order valence-corrected chi connectivity index (χ0v) is 18.4. The Morgan fingerprint density at radius 3 is 2.35 bits per heavy atom. The van der Waals surface area contributed by atoms with Crippen LogP contribution in [0.2, 0.25) is 0 Å². The van der Waals surface area contributed by atoms with Crippen LogP contribution >= 0.6 is 11.3 Å². The van der Waals surface area contributed by atoms with Crippen LogP contribution in [0.15, 0.2) is 54.6 Å². The van der Waals surface area contributed by atoms with Gasteiger partial charge >= 0.3 is 0 Å². The molecule has 3 heterocycles. The Balaban J connectivity index is 1.42. The molecule has 0 spiro atoms. The maximum Gasteiger partial charge on any atom is 0.230 e. The summed E-state index contributed by atoms with van der Waals surface area (Å²) in [5.41, 5.74) is 2.37. The van der Waals surface area contributed by atoms with Gasteiger partial charge in [0.1, 0.15) is 11.6 Å². The number of aromatic hydroxyl groups is 1. The number of hydrogen-bond donors (Lipinski definition) is 1. The lowest BCUT2D eigenvalue weighted by Gasteiger charge is -2.40. The fraction of sp³-hybridized carbons (Fsp3) is 0.304. The predicted octanol–water partition coefficient (Wildman–Crippen LogP) is 3.73. The van der Waals surface area contributed by atoms with E-state index in [1.807, 2.05) is 37.3 Å². The maximum atomic E-state index is 11.0. The predicted molar refractivity (Wildman–Crippen MR) is 122 cm³/mol. The fourth-order valence-corrected chi connectivity index (χ4v) is 5.38. The van der Waals surface area contributed by atoms with Gasteiger partial charge in [-0.2, -0.15) is 4.52 Å². The molecular weight excluding hydrogens is 410 g/mol. The number of thiazole rings is 1. The van der Waals surface area contributed by atoms with Gasteiger partial charge in [0.15, 0.2) is 0 Å². The van der Waals surface area contributed by atoms with Crippen LogP contribution in [0.4, 0.5) is 5.69 Å². The molecule has 4 aromatic rings. The van der Waals surface area contributed by atoms with Gasteiger partial charge in [-0.15, -0.1) is 5.10 Å². The number of anilines is 1. The first-order chi connectivity index (χ1) is 15.1. The number of aromatic nitrogens is 3. The van der Waals surface area contributed by atoms with Gasteiger partial charge in [-0.1, -0.05) is 41.7 Å². The van der Waals surface area contributed by atoms with Crippen LogP contribution in [0.3, 0.4) is 0 Å². The molecule has 1 aliphatic rings. The Kier molecular flexibility index (Phi) is 5.25. The first-order valence-corrected chi connectivity index (χ1v) is 11.2. The summed E-state index contributed by atoms with van der Waals surface area (Å²) in [4.78, 5) is 10.9. The Hall–Kier alpha value is -3.10. The SMILES string of the molecule is COc1ccc(N2CCN([C@@H](c3ccccc3)c3sc4nc(C)nn4c3O)CC2)cc1. The molecule has 0 unspecified atom stereocenters. The monoisotopic (exact) mass is 435 g/mol. The highest BCUT2D eigenvalue weighted by molar-refractivity contribution is 7.17. The van der Waals surface area contributed by atoms with E-state index in [0.29, 0.717) is 5.82 Å². The Labute approximate surface area is 185 Å².